The fourth-order valence-electron chi connectivity index (χ4n) is 2.98. The van der Waals surface area contributed by atoms with Crippen LogP contribution in [0, 0.1) is 6.92 Å². The largest absolute Gasteiger partial charge is 0.441 e. The number of fused-ring (bicyclic) bond motifs is 1. The maximum Gasteiger partial charge on any atom is 0.230 e. The van der Waals surface area contributed by atoms with E-state index in [4.69, 9.17) is 4.42 Å². The number of nitrogens with one attached hydrogen (secondary N) is 1. The summed E-state index contributed by atoms with van der Waals surface area (Å²) >= 11 is 0. The molecule has 1 N–H and O–H groups in total. The monoisotopic (exact) mass is 342 g/mol. The summed E-state index contributed by atoms with van der Waals surface area (Å²) in [4.78, 5) is 17.0. The molecule has 0 radical (unpaired) electrons. The SMILES string of the molecule is Cc1oc(-c2ccccc2)nc1CC(=O)Nc1cccc2ccccc12. The summed E-state index contributed by atoms with van der Waals surface area (Å²) in [5.41, 5.74) is 2.36. The van der Waals surface area contributed by atoms with Crippen molar-refractivity contribution in [1.82, 2.24) is 4.98 Å². The van der Waals surface area contributed by atoms with Gasteiger partial charge in [0, 0.05) is 16.6 Å². The number of carbonyl (C=O) groups is 1. The van der Waals surface area contributed by atoms with Crippen molar-refractivity contribution >= 4 is 22.4 Å². The minimum Gasteiger partial charge on any atom is -0.441 e. The molecule has 0 aliphatic carbocycles. The van der Waals surface area contributed by atoms with Gasteiger partial charge >= 0.3 is 0 Å². The maximum atomic E-state index is 12.5. The second-order valence-corrected chi connectivity index (χ2v) is 6.14. The molecule has 128 valence electrons. The predicted molar refractivity (Wildman–Crippen MR) is 103 cm³/mol. The van der Waals surface area contributed by atoms with E-state index in [0.717, 1.165) is 22.0 Å². The smallest absolute Gasteiger partial charge is 0.230 e. The molecule has 4 aromatic rings. The van der Waals surface area contributed by atoms with Gasteiger partial charge in [0.15, 0.2) is 0 Å². The number of rotatable bonds is 4. The van der Waals surface area contributed by atoms with Crippen molar-refractivity contribution in [2.45, 2.75) is 13.3 Å². The number of benzene rings is 3. The van der Waals surface area contributed by atoms with Crippen LogP contribution >= 0.6 is 0 Å². The molecule has 0 unspecified atom stereocenters. The lowest BCUT2D eigenvalue weighted by molar-refractivity contribution is -0.115. The van der Waals surface area contributed by atoms with Crippen molar-refractivity contribution in [2.24, 2.45) is 0 Å². The highest BCUT2D eigenvalue weighted by Crippen LogP contribution is 2.24. The van der Waals surface area contributed by atoms with Crippen LogP contribution in [0.2, 0.25) is 0 Å². The lowest BCUT2D eigenvalue weighted by atomic mass is 10.1. The molecule has 0 spiro atoms. The van der Waals surface area contributed by atoms with E-state index in [1.54, 1.807) is 0 Å². The Labute approximate surface area is 151 Å². The van der Waals surface area contributed by atoms with Crippen LogP contribution in [0.5, 0.6) is 0 Å². The third kappa shape index (κ3) is 3.22. The number of oxazole rings is 1. The number of nitrogens with zero attached hydrogens (tertiary/aromatic N) is 1. The zero-order valence-corrected chi connectivity index (χ0v) is 14.4. The molecule has 1 amide bonds. The van der Waals surface area contributed by atoms with Crippen molar-refractivity contribution in [1.29, 1.82) is 0 Å². The van der Waals surface area contributed by atoms with Crippen molar-refractivity contribution in [3.05, 3.63) is 84.3 Å². The molecular weight excluding hydrogens is 324 g/mol. The molecule has 0 bridgehead atoms. The van der Waals surface area contributed by atoms with Crippen LogP contribution in [0.3, 0.4) is 0 Å². The molecule has 0 saturated carbocycles. The van der Waals surface area contributed by atoms with E-state index in [-0.39, 0.29) is 12.3 Å². The van der Waals surface area contributed by atoms with Gasteiger partial charge in [-0.15, -0.1) is 0 Å². The van der Waals surface area contributed by atoms with Crippen LogP contribution in [0.15, 0.2) is 77.2 Å². The fraction of sp³-hybridized carbons (Fsp3) is 0.0909. The molecule has 26 heavy (non-hydrogen) atoms. The lowest BCUT2D eigenvalue weighted by Gasteiger charge is -2.08. The fourth-order valence-corrected chi connectivity index (χ4v) is 2.98. The van der Waals surface area contributed by atoms with Gasteiger partial charge in [0.05, 0.1) is 12.1 Å². The second-order valence-electron chi connectivity index (χ2n) is 6.14. The Morgan fingerprint density at radius 3 is 2.54 bits per heavy atom. The van der Waals surface area contributed by atoms with Crippen molar-refractivity contribution < 1.29 is 9.21 Å². The van der Waals surface area contributed by atoms with Gasteiger partial charge in [-0.2, -0.15) is 0 Å². The van der Waals surface area contributed by atoms with E-state index in [0.29, 0.717) is 17.3 Å². The normalized spacial score (nSPS) is 10.8. The van der Waals surface area contributed by atoms with Gasteiger partial charge in [0.1, 0.15) is 5.76 Å². The van der Waals surface area contributed by atoms with E-state index in [1.165, 1.54) is 0 Å². The minimum absolute atomic E-state index is 0.114. The number of aromatic nitrogens is 1. The van der Waals surface area contributed by atoms with E-state index in [1.807, 2.05) is 79.7 Å². The number of carbonyl (C=O) groups excluding carboxylic acids is 1. The van der Waals surface area contributed by atoms with Gasteiger partial charge in [-0.3, -0.25) is 4.79 Å². The first-order chi connectivity index (χ1) is 12.7. The highest BCUT2D eigenvalue weighted by Gasteiger charge is 2.15. The average Bonchev–Trinajstić information content (AvgIpc) is 3.03. The van der Waals surface area contributed by atoms with E-state index in [2.05, 4.69) is 10.3 Å². The van der Waals surface area contributed by atoms with Gasteiger partial charge in [0.25, 0.3) is 0 Å². The van der Waals surface area contributed by atoms with Crippen LogP contribution in [0.25, 0.3) is 22.2 Å². The summed E-state index contributed by atoms with van der Waals surface area (Å²) < 4.78 is 5.73. The summed E-state index contributed by atoms with van der Waals surface area (Å²) in [5.74, 6) is 1.09. The average molecular weight is 342 g/mol. The first kappa shape index (κ1) is 16.1. The Morgan fingerprint density at radius 1 is 0.962 bits per heavy atom. The van der Waals surface area contributed by atoms with E-state index >= 15 is 0 Å². The van der Waals surface area contributed by atoms with Gasteiger partial charge in [-0.25, -0.2) is 4.98 Å². The van der Waals surface area contributed by atoms with Crippen LogP contribution in [-0.2, 0) is 11.2 Å². The van der Waals surface area contributed by atoms with Crippen molar-refractivity contribution in [3.8, 4) is 11.5 Å². The minimum atomic E-state index is -0.114. The first-order valence-corrected chi connectivity index (χ1v) is 8.50. The molecule has 4 nitrogen and oxygen atoms in total. The molecular formula is C22H18N2O2. The molecule has 0 saturated heterocycles. The van der Waals surface area contributed by atoms with Crippen LogP contribution in [0.4, 0.5) is 5.69 Å². The molecule has 0 atom stereocenters. The van der Waals surface area contributed by atoms with Gasteiger partial charge in [0.2, 0.25) is 11.8 Å². The topological polar surface area (TPSA) is 55.1 Å². The molecule has 0 aliphatic rings. The number of hydrogen-bond donors (Lipinski definition) is 1. The summed E-state index contributed by atoms with van der Waals surface area (Å²) in [5, 5.41) is 5.10. The number of anilines is 1. The summed E-state index contributed by atoms with van der Waals surface area (Å²) in [6.45, 7) is 1.83. The third-order valence-electron chi connectivity index (χ3n) is 4.31. The molecule has 0 fully saturated rings. The summed E-state index contributed by atoms with van der Waals surface area (Å²) in [6, 6.07) is 23.5. The molecule has 3 aromatic carbocycles. The summed E-state index contributed by atoms with van der Waals surface area (Å²) in [6.07, 6.45) is 0.172. The molecule has 1 aromatic heterocycles. The number of amides is 1. The Balaban J connectivity index is 1.54. The van der Waals surface area contributed by atoms with E-state index < -0.39 is 0 Å². The Morgan fingerprint density at radius 2 is 1.69 bits per heavy atom. The summed E-state index contributed by atoms with van der Waals surface area (Å²) in [7, 11) is 0. The Bertz CT molecular complexity index is 1060. The Hall–Kier alpha value is -3.40. The number of hydrogen-bond acceptors (Lipinski definition) is 3. The van der Waals surface area contributed by atoms with Crippen LogP contribution < -0.4 is 5.32 Å². The number of aryl methyl sites for hydroxylation is 1. The van der Waals surface area contributed by atoms with Crippen LogP contribution in [0.1, 0.15) is 11.5 Å². The Kier molecular flexibility index (Phi) is 4.23. The zero-order chi connectivity index (χ0) is 17.9. The van der Waals surface area contributed by atoms with Gasteiger partial charge in [-0.1, -0.05) is 54.6 Å². The molecule has 4 heteroatoms. The van der Waals surface area contributed by atoms with Crippen molar-refractivity contribution in [3.63, 3.8) is 0 Å². The molecule has 4 rings (SSSR count). The van der Waals surface area contributed by atoms with Crippen molar-refractivity contribution in [2.75, 3.05) is 5.32 Å². The van der Waals surface area contributed by atoms with E-state index in [9.17, 15) is 4.79 Å². The standard InChI is InChI=1S/C22H18N2O2/c1-15-20(24-22(26-15)17-9-3-2-4-10-17)14-21(25)23-19-13-7-11-16-8-5-6-12-18(16)19/h2-13H,14H2,1H3,(H,23,25). The highest BCUT2D eigenvalue weighted by atomic mass is 16.4. The first-order valence-electron chi connectivity index (χ1n) is 8.50. The lowest BCUT2D eigenvalue weighted by Crippen LogP contribution is -2.15. The van der Waals surface area contributed by atoms with Crippen LogP contribution in [-0.4, -0.2) is 10.9 Å². The van der Waals surface area contributed by atoms with Gasteiger partial charge < -0.3 is 9.73 Å². The predicted octanol–water partition coefficient (Wildman–Crippen LogP) is 4.98. The third-order valence-corrected chi connectivity index (χ3v) is 4.31. The quantitative estimate of drug-likeness (QED) is 0.569. The zero-order valence-electron chi connectivity index (χ0n) is 14.4. The highest BCUT2D eigenvalue weighted by molar-refractivity contribution is 6.02. The molecule has 1 heterocycles. The van der Waals surface area contributed by atoms with Gasteiger partial charge in [-0.05, 0) is 30.5 Å². The maximum absolute atomic E-state index is 12.5. The second kappa shape index (κ2) is 6.84. The molecule has 0 aliphatic heterocycles.